The predicted octanol–water partition coefficient (Wildman–Crippen LogP) is 1.85. The number of amides is 1. The molecule has 0 saturated carbocycles. The van der Waals surface area contributed by atoms with Gasteiger partial charge in [0.05, 0.1) is 0 Å². The number of aryl methyl sites for hydroxylation is 1. The summed E-state index contributed by atoms with van der Waals surface area (Å²) in [6.45, 7) is 5.58. The molecule has 1 fully saturated rings. The van der Waals surface area contributed by atoms with Gasteiger partial charge in [0.25, 0.3) is 0 Å². The van der Waals surface area contributed by atoms with Gasteiger partial charge in [0.2, 0.25) is 11.9 Å². The number of rotatable bonds is 8. The summed E-state index contributed by atoms with van der Waals surface area (Å²) in [5.74, 6) is 1.72. The summed E-state index contributed by atoms with van der Waals surface area (Å²) in [6, 6.07) is 2.12. The SMILES string of the molecule is Cc1cc(N2CCCCC2CC(=O)NCCC(C)CO)nc(-n2ccnc2)n1. The molecular formula is C20H30N6O2. The van der Waals surface area contributed by atoms with E-state index in [2.05, 4.69) is 20.2 Å². The summed E-state index contributed by atoms with van der Waals surface area (Å²) < 4.78 is 1.80. The van der Waals surface area contributed by atoms with E-state index in [0.717, 1.165) is 43.7 Å². The van der Waals surface area contributed by atoms with E-state index in [4.69, 9.17) is 10.1 Å². The molecule has 28 heavy (non-hydrogen) atoms. The number of hydrogen-bond acceptors (Lipinski definition) is 6. The van der Waals surface area contributed by atoms with E-state index in [9.17, 15) is 4.79 Å². The zero-order valence-corrected chi connectivity index (χ0v) is 16.7. The van der Waals surface area contributed by atoms with Crippen LogP contribution >= 0.6 is 0 Å². The number of aliphatic hydroxyl groups excluding tert-OH is 1. The van der Waals surface area contributed by atoms with Crippen LogP contribution in [0.4, 0.5) is 5.82 Å². The van der Waals surface area contributed by atoms with Gasteiger partial charge in [-0.05, 0) is 38.5 Å². The predicted molar refractivity (Wildman–Crippen MR) is 107 cm³/mol. The second-order valence-corrected chi connectivity index (χ2v) is 7.61. The van der Waals surface area contributed by atoms with E-state index in [0.29, 0.717) is 18.9 Å². The molecule has 0 spiro atoms. The molecule has 0 bridgehead atoms. The number of aromatic nitrogens is 4. The third kappa shape index (κ3) is 5.28. The highest BCUT2D eigenvalue weighted by atomic mass is 16.3. The van der Waals surface area contributed by atoms with Crippen molar-refractivity contribution >= 4 is 11.7 Å². The average molecular weight is 387 g/mol. The third-order valence-electron chi connectivity index (χ3n) is 5.18. The quantitative estimate of drug-likeness (QED) is 0.719. The lowest BCUT2D eigenvalue weighted by Gasteiger charge is -2.36. The van der Waals surface area contributed by atoms with Crippen LogP contribution in [0, 0.1) is 12.8 Å². The third-order valence-corrected chi connectivity index (χ3v) is 5.18. The number of piperidine rings is 1. The van der Waals surface area contributed by atoms with Crippen LogP contribution < -0.4 is 10.2 Å². The van der Waals surface area contributed by atoms with Crippen molar-refractivity contribution < 1.29 is 9.90 Å². The lowest BCUT2D eigenvalue weighted by Crippen LogP contribution is -2.43. The fraction of sp³-hybridized carbons (Fsp3) is 0.600. The van der Waals surface area contributed by atoms with Gasteiger partial charge in [-0.25, -0.2) is 9.97 Å². The largest absolute Gasteiger partial charge is 0.396 e. The lowest BCUT2D eigenvalue weighted by molar-refractivity contribution is -0.121. The summed E-state index contributed by atoms with van der Waals surface area (Å²) in [5.41, 5.74) is 0.889. The Hall–Kier alpha value is -2.48. The zero-order valence-electron chi connectivity index (χ0n) is 16.7. The van der Waals surface area contributed by atoms with Crippen LogP contribution in [0.2, 0.25) is 0 Å². The molecule has 8 heteroatoms. The first-order valence-corrected chi connectivity index (χ1v) is 10.0. The van der Waals surface area contributed by atoms with Crippen molar-refractivity contribution in [1.82, 2.24) is 24.8 Å². The van der Waals surface area contributed by atoms with Crippen LogP contribution in [-0.4, -0.2) is 56.3 Å². The highest BCUT2D eigenvalue weighted by Gasteiger charge is 2.26. The van der Waals surface area contributed by atoms with Crippen LogP contribution in [0.1, 0.15) is 44.7 Å². The maximum Gasteiger partial charge on any atom is 0.237 e. The number of nitrogens with one attached hydrogen (secondary N) is 1. The number of hydrogen-bond donors (Lipinski definition) is 2. The summed E-state index contributed by atoms with van der Waals surface area (Å²) in [4.78, 5) is 28.0. The Labute approximate surface area is 166 Å². The van der Waals surface area contributed by atoms with Crippen LogP contribution in [0.25, 0.3) is 5.95 Å². The van der Waals surface area contributed by atoms with E-state index in [1.807, 2.05) is 26.1 Å². The van der Waals surface area contributed by atoms with Crippen LogP contribution in [-0.2, 0) is 4.79 Å². The summed E-state index contributed by atoms with van der Waals surface area (Å²) in [7, 11) is 0. The van der Waals surface area contributed by atoms with Gasteiger partial charge < -0.3 is 15.3 Å². The monoisotopic (exact) mass is 386 g/mol. The Morgan fingerprint density at radius 1 is 1.39 bits per heavy atom. The van der Waals surface area contributed by atoms with Gasteiger partial charge in [-0.3, -0.25) is 9.36 Å². The molecule has 1 amide bonds. The molecule has 2 unspecified atom stereocenters. The molecule has 3 heterocycles. The molecule has 2 N–H and O–H groups in total. The normalized spacial score (nSPS) is 18.1. The first-order valence-electron chi connectivity index (χ1n) is 10.0. The number of carbonyl (C=O) groups is 1. The Morgan fingerprint density at radius 3 is 3.00 bits per heavy atom. The molecule has 0 aliphatic carbocycles. The lowest BCUT2D eigenvalue weighted by atomic mass is 9.98. The second kappa shape index (κ2) is 9.64. The van der Waals surface area contributed by atoms with Gasteiger partial charge in [-0.15, -0.1) is 0 Å². The van der Waals surface area contributed by atoms with E-state index in [1.165, 1.54) is 0 Å². The molecule has 0 aromatic carbocycles. The zero-order chi connectivity index (χ0) is 19.9. The molecule has 0 radical (unpaired) electrons. The molecular weight excluding hydrogens is 356 g/mol. The minimum atomic E-state index is 0.0580. The molecule has 2 aromatic rings. The topological polar surface area (TPSA) is 96.2 Å². The van der Waals surface area contributed by atoms with E-state index < -0.39 is 0 Å². The van der Waals surface area contributed by atoms with E-state index >= 15 is 0 Å². The van der Waals surface area contributed by atoms with Crippen molar-refractivity contribution in [3.63, 3.8) is 0 Å². The van der Waals surface area contributed by atoms with Gasteiger partial charge in [-0.2, -0.15) is 4.98 Å². The summed E-state index contributed by atoms with van der Waals surface area (Å²) >= 11 is 0. The molecule has 2 aromatic heterocycles. The van der Waals surface area contributed by atoms with Crippen LogP contribution in [0.5, 0.6) is 0 Å². The van der Waals surface area contributed by atoms with Crippen molar-refractivity contribution in [3.05, 3.63) is 30.5 Å². The first-order chi connectivity index (χ1) is 13.6. The number of carbonyl (C=O) groups excluding carboxylic acids is 1. The number of aliphatic hydroxyl groups is 1. The standard InChI is InChI=1S/C20H30N6O2/c1-15(13-27)6-7-22-19(28)12-17-5-3-4-9-26(17)18-11-16(2)23-20(24-18)25-10-8-21-14-25/h8,10-11,14-15,17,27H,3-7,9,12-13H2,1-2H3,(H,22,28). The Kier molecular flexibility index (Phi) is 6.97. The maximum atomic E-state index is 12.4. The highest BCUT2D eigenvalue weighted by Crippen LogP contribution is 2.26. The van der Waals surface area contributed by atoms with E-state index in [-0.39, 0.29) is 24.5 Å². The molecule has 1 saturated heterocycles. The van der Waals surface area contributed by atoms with Crippen LogP contribution in [0.3, 0.4) is 0 Å². The molecule has 152 valence electrons. The average Bonchev–Trinajstić information content (AvgIpc) is 3.22. The molecule has 1 aliphatic rings. The Balaban J connectivity index is 1.69. The molecule has 8 nitrogen and oxygen atoms in total. The number of imidazole rings is 1. The van der Waals surface area contributed by atoms with Crippen molar-refractivity contribution in [3.8, 4) is 5.95 Å². The Morgan fingerprint density at radius 2 is 2.25 bits per heavy atom. The van der Waals surface area contributed by atoms with E-state index in [1.54, 1.807) is 17.1 Å². The van der Waals surface area contributed by atoms with Gasteiger partial charge in [0, 0.05) is 56.3 Å². The molecule has 3 rings (SSSR count). The minimum absolute atomic E-state index is 0.0580. The smallest absolute Gasteiger partial charge is 0.237 e. The van der Waals surface area contributed by atoms with Crippen LogP contribution in [0.15, 0.2) is 24.8 Å². The van der Waals surface area contributed by atoms with Crippen molar-refractivity contribution in [2.45, 2.75) is 52.0 Å². The molecule has 1 aliphatic heterocycles. The first kappa shape index (κ1) is 20.3. The van der Waals surface area contributed by atoms with Gasteiger partial charge in [-0.1, -0.05) is 6.92 Å². The molecule has 2 atom stereocenters. The highest BCUT2D eigenvalue weighted by molar-refractivity contribution is 5.77. The Bertz CT molecular complexity index is 764. The maximum absolute atomic E-state index is 12.4. The van der Waals surface area contributed by atoms with Gasteiger partial charge >= 0.3 is 0 Å². The fourth-order valence-corrected chi connectivity index (χ4v) is 3.53. The number of nitrogens with zero attached hydrogens (tertiary/aromatic N) is 5. The minimum Gasteiger partial charge on any atom is -0.396 e. The van der Waals surface area contributed by atoms with Crippen molar-refractivity contribution in [2.24, 2.45) is 5.92 Å². The second-order valence-electron chi connectivity index (χ2n) is 7.61. The fourth-order valence-electron chi connectivity index (χ4n) is 3.53. The summed E-state index contributed by atoms with van der Waals surface area (Å²) in [5, 5.41) is 12.1. The van der Waals surface area contributed by atoms with Gasteiger partial charge in [0.15, 0.2) is 0 Å². The summed E-state index contributed by atoms with van der Waals surface area (Å²) in [6.07, 6.45) is 9.65. The van der Waals surface area contributed by atoms with Crippen molar-refractivity contribution in [2.75, 3.05) is 24.6 Å². The van der Waals surface area contributed by atoms with Crippen molar-refractivity contribution in [1.29, 1.82) is 0 Å². The van der Waals surface area contributed by atoms with Gasteiger partial charge in [0.1, 0.15) is 12.1 Å². The number of anilines is 1.